The van der Waals surface area contributed by atoms with Gasteiger partial charge in [-0.1, -0.05) is 24.4 Å². The maximum atomic E-state index is 10.4. The van der Waals surface area contributed by atoms with Crippen LogP contribution in [0.25, 0.3) is 0 Å². The molecule has 1 aliphatic rings. The highest BCUT2D eigenvalue weighted by molar-refractivity contribution is 5.90. The molecule has 1 fully saturated rings. The van der Waals surface area contributed by atoms with Gasteiger partial charge in [0.2, 0.25) is 6.41 Å². The van der Waals surface area contributed by atoms with Crippen LogP contribution in [-0.2, 0) is 4.79 Å². The smallest absolute Gasteiger partial charge is 0.212 e. The highest BCUT2D eigenvalue weighted by Gasteiger charge is 2.32. The van der Waals surface area contributed by atoms with E-state index in [4.69, 9.17) is 10.9 Å². The second-order valence-electron chi connectivity index (χ2n) is 4.58. The number of amidine groups is 1. The van der Waals surface area contributed by atoms with Crippen molar-refractivity contribution in [2.45, 2.75) is 44.9 Å². The van der Waals surface area contributed by atoms with Crippen molar-refractivity contribution < 1.29 is 10.0 Å². The Labute approximate surface area is 96.1 Å². The highest BCUT2D eigenvalue weighted by atomic mass is 16.4. The normalized spacial score (nSPS) is 20.4. The lowest BCUT2D eigenvalue weighted by molar-refractivity contribution is -0.108. The molecule has 0 aliphatic heterocycles. The van der Waals surface area contributed by atoms with Gasteiger partial charge in [0.1, 0.15) is 5.84 Å². The highest BCUT2D eigenvalue weighted by Crippen LogP contribution is 2.41. The number of amides is 1. The predicted molar refractivity (Wildman–Crippen MR) is 62.2 cm³/mol. The predicted octanol–water partition coefficient (Wildman–Crippen LogP) is 1.21. The van der Waals surface area contributed by atoms with Gasteiger partial charge in [-0.2, -0.15) is 0 Å². The third kappa shape index (κ3) is 3.48. The van der Waals surface area contributed by atoms with Crippen LogP contribution in [0.4, 0.5) is 0 Å². The number of oxime groups is 1. The first kappa shape index (κ1) is 13.0. The quantitative estimate of drug-likeness (QED) is 0.217. The Morgan fingerprint density at radius 2 is 2.12 bits per heavy atom. The van der Waals surface area contributed by atoms with E-state index in [-0.39, 0.29) is 5.41 Å². The molecule has 92 valence electrons. The van der Waals surface area contributed by atoms with E-state index in [9.17, 15) is 4.79 Å². The Balaban J connectivity index is 2.64. The summed E-state index contributed by atoms with van der Waals surface area (Å²) in [6, 6.07) is 0. The zero-order valence-electron chi connectivity index (χ0n) is 9.61. The molecule has 0 aromatic heterocycles. The van der Waals surface area contributed by atoms with Crippen LogP contribution in [0.5, 0.6) is 0 Å². The van der Waals surface area contributed by atoms with Gasteiger partial charge in [-0.25, -0.2) is 0 Å². The number of rotatable bonds is 5. The van der Waals surface area contributed by atoms with E-state index in [1.54, 1.807) is 0 Å². The minimum Gasteiger partial charge on any atom is -0.409 e. The second kappa shape index (κ2) is 6.48. The summed E-state index contributed by atoms with van der Waals surface area (Å²) in [5.74, 6) is 0.352. The molecule has 0 radical (unpaired) electrons. The molecule has 0 spiro atoms. The van der Waals surface area contributed by atoms with E-state index in [0.717, 1.165) is 19.3 Å². The van der Waals surface area contributed by atoms with Gasteiger partial charge in [0.05, 0.1) is 0 Å². The summed E-state index contributed by atoms with van der Waals surface area (Å²) < 4.78 is 0. The van der Waals surface area contributed by atoms with Gasteiger partial charge < -0.3 is 16.3 Å². The summed E-state index contributed by atoms with van der Waals surface area (Å²) in [5.41, 5.74) is 5.76. The lowest BCUT2D eigenvalue weighted by Gasteiger charge is -2.37. The van der Waals surface area contributed by atoms with Gasteiger partial charge in [-0.15, -0.1) is 0 Å². The molecule has 1 aliphatic carbocycles. The third-order valence-corrected chi connectivity index (χ3v) is 3.48. The fourth-order valence-electron chi connectivity index (χ4n) is 2.66. The molecule has 1 saturated carbocycles. The van der Waals surface area contributed by atoms with Crippen LogP contribution < -0.4 is 11.1 Å². The lowest BCUT2D eigenvalue weighted by atomic mass is 9.69. The van der Waals surface area contributed by atoms with Crippen molar-refractivity contribution >= 4 is 12.2 Å². The standard InChI is InChI=1S/C11H21N3O2/c12-7-6-11(4-2-1-3-5-11)8-10(14-16)13-9-15/h9,16H,1-8,12H2,(H,13,14,15). The van der Waals surface area contributed by atoms with Crippen LogP contribution in [-0.4, -0.2) is 24.0 Å². The monoisotopic (exact) mass is 227 g/mol. The van der Waals surface area contributed by atoms with E-state index in [1.807, 2.05) is 0 Å². The number of hydrogen-bond donors (Lipinski definition) is 3. The SMILES string of the molecule is NCCC1(C/C(=N/O)NC=O)CCCCC1. The molecule has 0 aromatic carbocycles. The number of nitrogens with zero attached hydrogens (tertiary/aromatic N) is 1. The second-order valence-corrected chi connectivity index (χ2v) is 4.58. The van der Waals surface area contributed by atoms with Crippen molar-refractivity contribution in [3.63, 3.8) is 0 Å². The first-order chi connectivity index (χ1) is 7.76. The van der Waals surface area contributed by atoms with Crippen LogP contribution in [0.2, 0.25) is 0 Å². The largest absolute Gasteiger partial charge is 0.409 e. The van der Waals surface area contributed by atoms with E-state index in [0.29, 0.717) is 25.2 Å². The molecule has 0 atom stereocenters. The topological polar surface area (TPSA) is 87.7 Å². The number of carbonyl (C=O) groups excluding carboxylic acids is 1. The van der Waals surface area contributed by atoms with Gasteiger partial charge in [0.25, 0.3) is 0 Å². The molecule has 16 heavy (non-hydrogen) atoms. The van der Waals surface area contributed by atoms with Gasteiger partial charge in [-0.05, 0) is 31.2 Å². The van der Waals surface area contributed by atoms with E-state index >= 15 is 0 Å². The Kier molecular flexibility index (Phi) is 5.25. The van der Waals surface area contributed by atoms with Crippen molar-refractivity contribution in [3.8, 4) is 0 Å². The fourth-order valence-corrected chi connectivity index (χ4v) is 2.66. The summed E-state index contributed by atoms with van der Waals surface area (Å²) in [7, 11) is 0. The molecule has 0 heterocycles. The summed E-state index contributed by atoms with van der Waals surface area (Å²) in [5, 5.41) is 14.4. The van der Waals surface area contributed by atoms with Crippen LogP contribution in [0.1, 0.15) is 44.9 Å². The molecule has 0 bridgehead atoms. The Morgan fingerprint density at radius 3 is 2.62 bits per heavy atom. The van der Waals surface area contributed by atoms with Gasteiger partial charge in [-0.3, -0.25) is 4.79 Å². The Morgan fingerprint density at radius 1 is 1.44 bits per heavy atom. The maximum absolute atomic E-state index is 10.4. The van der Waals surface area contributed by atoms with Gasteiger partial charge >= 0.3 is 0 Å². The number of hydrogen-bond acceptors (Lipinski definition) is 4. The average Bonchev–Trinajstić information content (AvgIpc) is 2.30. The molecule has 1 rings (SSSR count). The Bertz CT molecular complexity index is 242. The third-order valence-electron chi connectivity index (χ3n) is 3.48. The minimum absolute atomic E-state index is 0.116. The number of nitrogens with one attached hydrogen (secondary N) is 1. The van der Waals surface area contributed by atoms with Crippen LogP contribution in [0.3, 0.4) is 0 Å². The van der Waals surface area contributed by atoms with Gasteiger partial charge in [0, 0.05) is 6.42 Å². The van der Waals surface area contributed by atoms with Crippen molar-refractivity contribution in [1.29, 1.82) is 0 Å². The first-order valence-electron chi connectivity index (χ1n) is 5.87. The molecule has 0 unspecified atom stereocenters. The summed E-state index contributed by atoms with van der Waals surface area (Å²) in [4.78, 5) is 10.4. The lowest BCUT2D eigenvalue weighted by Crippen LogP contribution is -2.34. The fraction of sp³-hybridized carbons (Fsp3) is 0.818. The molecule has 1 amide bonds. The van der Waals surface area contributed by atoms with Crippen LogP contribution in [0, 0.1) is 5.41 Å². The van der Waals surface area contributed by atoms with E-state index in [2.05, 4.69) is 10.5 Å². The van der Waals surface area contributed by atoms with Crippen LogP contribution >= 0.6 is 0 Å². The van der Waals surface area contributed by atoms with Crippen molar-refractivity contribution in [3.05, 3.63) is 0 Å². The zero-order chi connectivity index (χ0) is 11.9. The molecule has 0 saturated heterocycles. The number of nitrogens with two attached hydrogens (primary N) is 1. The molecule has 5 nitrogen and oxygen atoms in total. The molecule has 5 heteroatoms. The summed E-state index contributed by atoms with van der Waals surface area (Å²) in [6.45, 7) is 0.639. The molecular weight excluding hydrogens is 206 g/mol. The number of carbonyl (C=O) groups is 1. The van der Waals surface area contributed by atoms with E-state index < -0.39 is 0 Å². The maximum Gasteiger partial charge on any atom is 0.212 e. The first-order valence-corrected chi connectivity index (χ1v) is 5.87. The van der Waals surface area contributed by atoms with Crippen molar-refractivity contribution in [1.82, 2.24) is 5.32 Å². The molecule has 4 N–H and O–H groups in total. The van der Waals surface area contributed by atoms with Gasteiger partial charge in [0.15, 0.2) is 0 Å². The zero-order valence-corrected chi connectivity index (χ0v) is 9.61. The van der Waals surface area contributed by atoms with E-state index in [1.165, 1.54) is 19.3 Å². The summed E-state index contributed by atoms with van der Waals surface area (Å²) >= 11 is 0. The Hall–Kier alpha value is -1.10. The van der Waals surface area contributed by atoms with Crippen molar-refractivity contribution in [2.75, 3.05) is 6.54 Å². The molecule has 0 aromatic rings. The van der Waals surface area contributed by atoms with Crippen LogP contribution in [0.15, 0.2) is 5.16 Å². The molecular formula is C11H21N3O2. The summed E-state index contributed by atoms with van der Waals surface area (Å²) in [6.07, 6.45) is 7.94. The van der Waals surface area contributed by atoms with Crippen molar-refractivity contribution in [2.24, 2.45) is 16.3 Å². The minimum atomic E-state index is 0.116. The average molecular weight is 227 g/mol.